The summed E-state index contributed by atoms with van der Waals surface area (Å²) in [7, 11) is 0. The van der Waals surface area contributed by atoms with Gasteiger partial charge in [-0.3, -0.25) is 0 Å². The summed E-state index contributed by atoms with van der Waals surface area (Å²) in [5, 5.41) is 11.1. The first-order valence-corrected chi connectivity index (χ1v) is 6.09. The Hall–Kier alpha value is -2.88. The second-order valence-electron chi connectivity index (χ2n) is 4.23. The van der Waals surface area contributed by atoms with E-state index in [9.17, 15) is 4.79 Å². The summed E-state index contributed by atoms with van der Waals surface area (Å²) < 4.78 is 5.74. The van der Waals surface area contributed by atoms with E-state index in [0.29, 0.717) is 5.75 Å². The predicted molar refractivity (Wildman–Crippen MR) is 75.2 cm³/mol. The predicted octanol–water partition coefficient (Wildman–Crippen LogP) is 3.73. The fourth-order valence-electron chi connectivity index (χ4n) is 2.04. The normalized spacial score (nSPS) is 10.4. The standard InChI is InChI=1S/C16H11NO3/c18-16(19)15-14(9-4-10-17-15)20-13-8-3-6-11-5-1-2-7-12(11)13/h1-10H,(H,18,19). The van der Waals surface area contributed by atoms with E-state index in [4.69, 9.17) is 9.84 Å². The highest BCUT2D eigenvalue weighted by molar-refractivity contribution is 5.90. The second kappa shape index (κ2) is 5.01. The fraction of sp³-hybridized carbons (Fsp3) is 0. The van der Waals surface area contributed by atoms with E-state index >= 15 is 0 Å². The van der Waals surface area contributed by atoms with E-state index in [1.807, 2.05) is 36.4 Å². The quantitative estimate of drug-likeness (QED) is 0.784. The van der Waals surface area contributed by atoms with Crippen LogP contribution >= 0.6 is 0 Å². The van der Waals surface area contributed by atoms with Crippen LogP contribution in [0, 0.1) is 0 Å². The molecule has 0 unspecified atom stereocenters. The smallest absolute Gasteiger partial charge is 0.358 e. The van der Waals surface area contributed by atoms with Crippen LogP contribution in [-0.2, 0) is 0 Å². The van der Waals surface area contributed by atoms with Crippen molar-refractivity contribution in [3.8, 4) is 11.5 Å². The van der Waals surface area contributed by atoms with Crippen molar-refractivity contribution in [1.29, 1.82) is 0 Å². The lowest BCUT2D eigenvalue weighted by molar-refractivity contribution is 0.0687. The van der Waals surface area contributed by atoms with Gasteiger partial charge in [0.15, 0.2) is 11.4 Å². The van der Waals surface area contributed by atoms with Crippen molar-refractivity contribution in [1.82, 2.24) is 4.98 Å². The van der Waals surface area contributed by atoms with E-state index in [1.165, 1.54) is 6.20 Å². The average Bonchev–Trinajstić information content (AvgIpc) is 2.48. The SMILES string of the molecule is O=C(O)c1ncccc1Oc1cccc2ccccc12. The third-order valence-corrected chi connectivity index (χ3v) is 2.94. The monoisotopic (exact) mass is 265 g/mol. The summed E-state index contributed by atoms with van der Waals surface area (Å²) in [5.41, 5.74) is -0.0968. The molecule has 0 saturated heterocycles. The van der Waals surface area contributed by atoms with Crippen molar-refractivity contribution in [2.75, 3.05) is 0 Å². The van der Waals surface area contributed by atoms with Gasteiger partial charge in [0, 0.05) is 11.6 Å². The van der Waals surface area contributed by atoms with Crippen LogP contribution in [0.1, 0.15) is 10.5 Å². The van der Waals surface area contributed by atoms with Crippen molar-refractivity contribution < 1.29 is 14.6 Å². The van der Waals surface area contributed by atoms with Crippen molar-refractivity contribution in [3.05, 3.63) is 66.5 Å². The average molecular weight is 265 g/mol. The first kappa shape index (κ1) is 12.2. The summed E-state index contributed by atoms with van der Waals surface area (Å²) in [6.07, 6.45) is 1.43. The number of nitrogens with zero attached hydrogens (tertiary/aromatic N) is 1. The summed E-state index contributed by atoms with van der Waals surface area (Å²) in [6.45, 7) is 0. The molecule has 0 spiro atoms. The molecule has 0 aliphatic carbocycles. The van der Waals surface area contributed by atoms with Crippen LogP contribution in [0.25, 0.3) is 10.8 Å². The van der Waals surface area contributed by atoms with Gasteiger partial charge in [0.05, 0.1) is 0 Å². The number of hydrogen-bond donors (Lipinski definition) is 1. The number of benzene rings is 2. The molecule has 1 heterocycles. The molecule has 3 rings (SSSR count). The Labute approximate surface area is 115 Å². The van der Waals surface area contributed by atoms with Crippen LogP contribution in [0.2, 0.25) is 0 Å². The largest absolute Gasteiger partial charge is 0.476 e. The minimum Gasteiger partial charge on any atom is -0.476 e. The van der Waals surface area contributed by atoms with Gasteiger partial charge in [-0.05, 0) is 23.6 Å². The number of aromatic carboxylic acids is 1. The maximum atomic E-state index is 11.1. The molecule has 3 aromatic rings. The number of fused-ring (bicyclic) bond motifs is 1. The molecule has 20 heavy (non-hydrogen) atoms. The Morgan fingerprint density at radius 3 is 2.55 bits per heavy atom. The molecule has 0 fully saturated rings. The van der Waals surface area contributed by atoms with Gasteiger partial charge in [-0.15, -0.1) is 0 Å². The van der Waals surface area contributed by atoms with E-state index in [2.05, 4.69) is 4.98 Å². The van der Waals surface area contributed by atoms with Crippen LogP contribution in [0.4, 0.5) is 0 Å². The zero-order valence-electron chi connectivity index (χ0n) is 10.5. The lowest BCUT2D eigenvalue weighted by atomic mass is 10.1. The van der Waals surface area contributed by atoms with Gasteiger partial charge in [-0.1, -0.05) is 36.4 Å². The van der Waals surface area contributed by atoms with Gasteiger partial charge >= 0.3 is 5.97 Å². The Morgan fingerprint density at radius 1 is 0.950 bits per heavy atom. The summed E-state index contributed by atoms with van der Waals surface area (Å²) in [4.78, 5) is 15.0. The maximum Gasteiger partial charge on any atom is 0.358 e. The van der Waals surface area contributed by atoms with Crippen molar-refractivity contribution in [2.24, 2.45) is 0 Å². The van der Waals surface area contributed by atoms with E-state index in [-0.39, 0.29) is 11.4 Å². The molecule has 4 nitrogen and oxygen atoms in total. The Kier molecular flexibility index (Phi) is 3.05. The van der Waals surface area contributed by atoms with Gasteiger partial charge in [-0.2, -0.15) is 0 Å². The molecular formula is C16H11NO3. The molecule has 0 aliphatic rings. The van der Waals surface area contributed by atoms with E-state index < -0.39 is 5.97 Å². The molecule has 0 aliphatic heterocycles. The van der Waals surface area contributed by atoms with Crippen molar-refractivity contribution >= 4 is 16.7 Å². The number of rotatable bonds is 3. The zero-order chi connectivity index (χ0) is 13.9. The lowest BCUT2D eigenvalue weighted by Gasteiger charge is -2.10. The number of carboxylic acids is 1. The van der Waals surface area contributed by atoms with Crippen molar-refractivity contribution in [3.63, 3.8) is 0 Å². The van der Waals surface area contributed by atoms with Crippen LogP contribution in [0.3, 0.4) is 0 Å². The summed E-state index contributed by atoms with van der Waals surface area (Å²) in [5.74, 6) is -0.268. The summed E-state index contributed by atoms with van der Waals surface area (Å²) in [6, 6.07) is 16.7. The number of pyridine rings is 1. The highest BCUT2D eigenvalue weighted by Gasteiger charge is 2.13. The molecule has 0 amide bonds. The Balaban J connectivity index is 2.08. The van der Waals surface area contributed by atoms with Gasteiger partial charge in [-0.25, -0.2) is 9.78 Å². The Morgan fingerprint density at radius 2 is 1.70 bits per heavy atom. The van der Waals surface area contributed by atoms with Crippen LogP contribution in [-0.4, -0.2) is 16.1 Å². The van der Waals surface area contributed by atoms with Crippen molar-refractivity contribution in [2.45, 2.75) is 0 Å². The van der Waals surface area contributed by atoms with E-state index in [1.54, 1.807) is 18.2 Å². The molecule has 0 atom stereocenters. The number of hydrogen-bond acceptors (Lipinski definition) is 3. The molecular weight excluding hydrogens is 254 g/mol. The molecule has 1 aromatic heterocycles. The summed E-state index contributed by atoms with van der Waals surface area (Å²) >= 11 is 0. The molecule has 0 bridgehead atoms. The molecule has 2 aromatic carbocycles. The second-order valence-corrected chi connectivity index (χ2v) is 4.23. The number of ether oxygens (including phenoxy) is 1. The van der Waals surface area contributed by atoms with Gasteiger partial charge in [0.2, 0.25) is 0 Å². The number of carboxylic acid groups (broad SMARTS) is 1. The van der Waals surface area contributed by atoms with Gasteiger partial charge < -0.3 is 9.84 Å². The van der Waals surface area contributed by atoms with Crippen LogP contribution < -0.4 is 4.74 Å². The maximum absolute atomic E-state index is 11.1. The van der Waals surface area contributed by atoms with E-state index in [0.717, 1.165) is 10.8 Å². The van der Waals surface area contributed by atoms with Crippen LogP contribution in [0.15, 0.2) is 60.8 Å². The lowest BCUT2D eigenvalue weighted by Crippen LogP contribution is -2.02. The third kappa shape index (κ3) is 2.19. The first-order chi connectivity index (χ1) is 9.75. The minimum absolute atomic E-state index is 0.0968. The zero-order valence-corrected chi connectivity index (χ0v) is 10.5. The molecule has 1 N–H and O–H groups in total. The highest BCUT2D eigenvalue weighted by Crippen LogP contribution is 2.30. The number of aromatic nitrogens is 1. The topological polar surface area (TPSA) is 59.4 Å². The van der Waals surface area contributed by atoms with Gasteiger partial charge in [0.25, 0.3) is 0 Å². The highest BCUT2D eigenvalue weighted by atomic mass is 16.5. The first-order valence-electron chi connectivity index (χ1n) is 6.09. The molecule has 4 heteroatoms. The van der Waals surface area contributed by atoms with Crippen LogP contribution in [0.5, 0.6) is 11.5 Å². The molecule has 0 saturated carbocycles. The third-order valence-electron chi connectivity index (χ3n) is 2.94. The Bertz CT molecular complexity index is 778. The molecule has 98 valence electrons. The number of carbonyl (C=O) groups is 1. The molecule has 0 radical (unpaired) electrons. The fourth-order valence-corrected chi connectivity index (χ4v) is 2.04. The minimum atomic E-state index is -1.11. The van der Waals surface area contributed by atoms with Gasteiger partial charge in [0.1, 0.15) is 5.75 Å².